The van der Waals surface area contributed by atoms with E-state index in [1.165, 1.54) is 6.20 Å². The zero-order valence-corrected chi connectivity index (χ0v) is 14.2. The molecule has 7 nitrogen and oxygen atoms in total. The van der Waals surface area contributed by atoms with E-state index < -0.39 is 5.97 Å². The summed E-state index contributed by atoms with van der Waals surface area (Å²) < 4.78 is 7.11. The van der Waals surface area contributed by atoms with Crippen LogP contribution in [0, 0.1) is 0 Å². The second-order valence-corrected chi connectivity index (χ2v) is 6.28. The summed E-state index contributed by atoms with van der Waals surface area (Å²) >= 11 is 0. The maximum Gasteiger partial charge on any atom is 0.340 e. The number of pyridine rings is 2. The Morgan fingerprint density at radius 3 is 2.85 bits per heavy atom. The summed E-state index contributed by atoms with van der Waals surface area (Å²) in [6.45, 7) is 2.04. The number of imidazole rings is 1. The van der Waals surface area contributed by atoms with E-state index in [9.17, 15) is 9.59 Å². The van der Waals surface area contributed by atoms with Crippen LogP contribution in [0.2, 0.25) is 0 Å². The smallest absolute Gasteiger partial charge is 0.340 e. The predicted octanol–water partition coefficient (Wildman–Crippen LogP) is 2.50. The van der Waals surface area contributed by atoms with Gasteiger partial charge in [0, 0.05) is 37.2 Å². The summed E-state index contributed by atoms with van der Waals surface area (Å²) in [5.74, 6) is -0.427. The average Bonchev–Trinajstić information content (AvgIpc) is 3.35. The van der Waals surface area contributed by atoms with Crippen molar-refractivity contribution in [3.63, 3.8) is 0 Å². The summed E-state index contributed by atoms with van der Waals surface area (Å²) in [6, 6.07) is 5.26. The minimum Gasteiger partial charge on any atom is -0.455 e. The van der Waals surface area contributed by atoms with Crippen molar-refractivity contribution in [1.82, 2.24) is 14.4 Å². The van der Waals surface area contributed by atoms with Gasteiger partial charge >= 0.3 is 5.97 Å². The lowest BCUT2D eigenvalue weighted by Crippen LogP contribution is -2.18. The fourth-order valence-electron chi connectivity index (χ4n) is 3.11. The van der Waals surface area contributed by atoms with Gasteiger partial charge in [0.05, 0.1) is 23.1 Å². The van der Waals surface area contributed by atoms with Crippen LogP contribution < -0.4 is 4.90 Å². The molecule has 0 aromatic carbocycles. The number of carbonyl (C=O) groups is 2. The van der Waals surface area contributed by atoms with Crippen LogP contribution in [0.5, 0.6) is 0 Å². The highest BCUT2D eigenvalue weighted by molar-refractivity contribution is 5.90. The molecule has 1 saturated heterocycles. The molecule has 0 atom stereocenters. The van der Waals surface area contributed by atoms with E-state index in [1.807, 2.05) is 6.07 Å². The van der Waals surface area contributed by atoms with Crippen molar-refractivity contribution in [2.24, 2.45) is 0 Å². The molecular weight excluding hydrogens is 332 g/mol. The summed E-state index contributed by atoms with van der Waals surface area (Å²) in [5.41, 5.74) is 3.25. The molecule has 7 heteroatoms. The fourth-order valence-corrected chi connectivity index (χ4v) is 3.11. The van der Waals surface area contributed by atoms with Gasteiger partial charge in [-0.05, 0) is 31.0 Å². The van der Waals surface area contributed by atoms with Crippen molar-refractivity contribution in [2.75, 3.05) is 18.0 Å². The van der Waals surface area contributed by atoms with Crippen LogP contribution in [0.1, 0.15) is 39.3 Å². The molecule has 1 fully saturated rings. The second-order valence-electron chi connectivity index (χ2n) is 6.28. The number of esters is 1. The van der Waals surface area contributed by atoms with Gasteiger partial charge < -0.3 is 14.0 Å². The number of rotatable bonds is 5. The standard InChI is InChI=1S/C19H18N4O3/c24-12-14-3-4-18-21-16(11-23(18)10-14)13-26-19(25)15-7-17(9-20-8-15)22-5-1-2-6-22/h3-4,7-12H,1-2,5-6,13H2. The largest absolute Gasteiger partial charge is 0.455 e. The average molecular weight is 350 g/mol. The Balaban J connectivity index is 1.45. The molecule has 0 saturated carbocycles. The van der Waals surface area contributed by atoms with Gasteiger partial charge in [-0.3, -0.25) is 9.78 Å². The Morgan fingerprint density at radius 1 is 1.19 bits per heavy atom. The first-order valence-corrected chi connectivity index (χ1v) is 8.53. The number of nitrogens with zero attached hydrogens (tertiary/aromatic N) is 4. The maximum atomic E-state index is 12.3. The highest BCUT2D eigenvalue weighted by Crippen LogP contribution is 2.20. The zero-order valence-electron chi connectivity index (χ0n) is 14.2. The molecule has 0 bridgehead atoms. The van der Waals surface area contributed by atoms with Crippen LogP contribution >= 0.6 is 0 Å². The number of hydrogen-bond donors (Lipinski definition) is 0. The van der Waals surface area contributed by atoms with Crippen LogP contribution in [0.3, 0.4) is 0 Å². The van der Waals surface area contributed by atoms with Crippen LogP contribution in [0.25, 0.3) is 5.65 Å². The van der Waals surface area contributed by atoms with Gasteiger partial charge in [-0.1, -0.05) is 0 Å². The van der Waals surface area contributed by atoms with Crippen molar-refractivity contribution < 1.29 is 14.3 Å². The zero-order chi connectivity index (χ0) is 17.9. The third kappa shape index (κ3) is 3.28. The lowest BCUT2D eigenvalue weighted by molar-refractivity contribution is 0.0468. The van der Waals surface area contributed by atoms with Gasteiger partial charge in [0.2, 0.25) is 0 Å². The summed E-state index contributed by atoms with van der Waals surface area (Å²) in [5, 5.41) is 0. The highest BCUT2D eigenvalue weighted by Gasteiger charge is 2.16. The van der Waals surface area contributed by atoms with Crippen molar-refractivity contribution >= 4 is 23.6 Å². The molecular formula is C19H18N4O3. The SMILES string of the molecule is O=Cc1ccc2nc(COC(=O)c3cncc(N4CCCC4)c3)cn2c1. The van der Waals surface area contributed by atoms with Crippen LogP contribution in [-0.4, -0.2) is 39.7 Å². The van der Waals surface area contributed by atoms with E-state index in [0.29, 0.717) is 22.5 Å². The monoisotopic (exact) mass is 350 g/mol. The number of ether oxygens (including phenoxy) is 1. The number of aldehydes is 1. The molecule has 4 heterocycles. The number of hydrogen-bond acceptors (Lipinski definition) is 6. The van der Waals surface area contributed by atoms with Crippen molar-refractivity contribution in [1.29, 1.82) is 0 Å². The molecule has 0 N–H and O–H groups in total. The normalized spacial score (nSPS) is 13.9. The van der Waals surface area contributed by atoms with E-state index >= 15 is 0 Å². The van der Waals surface area contributed by atoms with Crippen LogP contribution in [-0.2, 0) is 11.3 Å². The van der Waals surface area contributed by atoms with Crippen LogP contribution in [0.15, 0.2) is 43.0 Å². The predicted molar refractivity (Wildman–Crippen MR) is 95.4 cm³/mol. The van der Waals surface area contributed by atoms with Gasteiger partial charge in [-0.25, -0.2) is 9.78 Å². The molecule has 1 aliphatic rings. The van der Waals surface area contributed by atoms with Crippen molar-refractivity contribution in [3.05, 3.63) is 59.8 Å². The Morgan fingerprint density at radius 2 is 2.04 bits per heavy atom. The first-order valence-electron chi connectivity index (χ1n) is 8.53. The maximum absolute atomic E-state index is 12.3. The molecule has 132 valence electrons. The van der Waals surface area contributed by atoms with Crippen LogP contribution in [0.4, 0.5) is 5.69 Å². The van der Waals surface area contributed by atoms with Gasteiger partial charge in [0.1, 0.15) is 12.3 Å². The lowest BCUT2D eigenvalue weighted by atomic mass is 10.2. The highest BCUT2D eigenvalue weighted by atomic mass is 16.5. The first-order chi connectivity index (χ1) is 12.7. The minimum absolute atomic E-state index is 0.0604. The van der Waals surface area contributed by atoms with Crippen molar-refractivity contribution in [2.45, 2.75) is 19.4 Å². The molecule has 3 aromatic rings. The topological polar surface area (TPSA) is 76.8 Å². The summed E-state index contributed by atoms with van der Waals surface area (Å²) in [6.07, 6.45) is 9.82. The first kappa shape index (κ1) is 16.3. The second kappa shape index (κ2) is 6.95. The molecule has 3 aromatic heterocycles. The van der Waals surface area contributed by atoms with E-state index in [0.717, 1.165) is 37.9 Å². The lowest BCUT2D eigenvalue weighted by Gasteiger charge is -2.17. The third-order valence-electron chi connectivity index (χ3n) is 4.44. The Hall–Kier alpha value is -3.22. The fraction of sp³-hybridized carbons (Fsp3) is 0.263. The Bertz CT molecular complexity index is 960. The Kier molecular flexibility index (Phi) is 4.35. The van der Waals surface area contributed by atoms with E-state index in [1.54, 1.807) is 35.1 Å². The number of anilines is 1. The molecule has 0 radical (unpaired) electrons. The molecule has 0 amide bonds. The number of fused-ring (bicyclic) bond motifs is 1. The van der Waals surface area contributed by atoms with E-state index in [4.69, 9.17) is 4.74 Å². The molecule has 4 rings (SSSR count). The van der Waals surface area contributed by atoms with Gasteiger partial charge in [0.15, 0.2) is 6.29 Å². The minimum atomic E-state index is -0.427. The molecule has 0 aliphatic carbocycles. The molecule has 0 unspecified atom stereocenters. The molecule has 1 aliphatic heterocycles. The van der Waals surface area contributed by atoms with E-state index in [-0.39, 0.29) is 6.61 Å². The van der Waals surface area contributed by atoms with Gasteiger partial charge in [-0.2, -0.15) is 0 Å². The quantitative estimate of drug-likeness (QED) is 0.520. The third-order valence-corrected chi connectivity index (χ3v) is 4.44. The number of aromatic nitrogens is 3. The van der Waals surface area contributed by atoms with Gasteiger partial charge in [0.25, 0.3) is 0 Å². The Labute approximate surface area is 150 Å². The summed E-state index contributed by atoms with van der Waals surface area (Å²) in [7, 11) is 0. The van der Waals surface area contributed by atoms with E-state index in [2.05, 4.69) is 14.9 Å². The van der Waals surface area contributed by atoms with Crippen molar-refractivity contribution in [3.8, 4) is 0 Å². The number of carbonyl (C=O) groups excluding carboxylic acids is 2. The molecule has 0 spiro atoms. The van der Waals surface area contributed by atoms with Gasteiger partial charge in [-0.15, -0.1) is 0 Å². The molecule has 26 heavy (non-hydrogen) atoms. The summed E-state index contributed by atoms with van der Waals surface area (Å²) in [4.78, 5) is 33.9.